The zero-order valence-corrected chi connectivity index (χ0v) is 22.7. The van der Waals surface area contributed by atoms with E-state index in [1.807, 2.05) is 36.9 Å². The van der Waals surface area contributed by atoms with Crippen LogP contribution in [0.5, 0.6) is 11.5 Å². The van der Waals surface area contributed by atoms with Crippen LogP contribution in [0.4, 0.5) is 0 Å². The Morgan fingerprint density at radius 1 is 1.06 bits per heavy atom. The summed E-state index contributed by atoms with van der Waals surface area (Å²) in [4.78, 5) is 40.2. The summed E-state index contributed by atoms with van der Waals surface area (Å²) in [6.07, 6.45) is -0.249. The standard InChI is InChI=1S/C24H24N2O6S4.H2/c1-24(2,36-26-30)14-25-20(27)11-12-21(28)32-18-6-4-3-5-17(18)23(29)31-16-9-7-15(8-10-16)19-13-22(33)35-34-19;/h3-10,13,26,30H,11-12,14H2,1-2H3,(H,25,27);1H. The molecule has 3 N–H and O–H groups in total. The zero-order valence-electron chi connectivity index (χ0n) is 19.4. The van der Waals surface area contributed by atoms with Gasteiger partial charge in [0, 0.05) is 24.0 Å². The molecule has 0 aliphatic rings. The minimum absolute atomic E-state index is 0. The predicted octanol–water partition coefficient (Wildman–Crippen LogP) is 5.88. The first-order valence-corrected chi connectivity index (χ1v) is 14.1. The lowest BCUT2D eigenvalue weighted by Crippen LogP contribution is -2.37. The first kappa shape index (κ1) is 28.0. The highest BCUT2D eigenvalue weighted by molar-refractivity contribution is 7.98. The molecule has 0 saturated carbocycles. The van der Waals surface area contributed by atoms with E-state index in [0.29, 0.717) is 5.75 Å². The van der Waals surface area contributed by atoms with Crippen LogP contribution in [0.1, 0.15) is 38.5 Å². The molecule has 0 aliphatic carbocycles. The Hall–Kier alpha value is -2.61. The van der Waals surface area contributed by atoms with Gasteiger partial charge in [0.05, 0.1) is 6.42 Å². The van der Waals surface area contributed by atoms with Crippen LogP contribution in [0.25, 0.3) is 10.4 Å². The van der Waals surface area contributed by atoms with Gasteiger partial charge in [-0.2, -0.15) is 0 Å². The fraction of sp³-hybridized carbons (Fsp3) is 0.250. The van der Waals surface area contributed by atoms with E-state index in [2.05, 4.69) is 5.32 Å². The first-order chi connectivity index (χ1) is 17.2. The summed E-state index contributed by atoms with van der Waals surface area (Å²) < 4.78 is 11.2. The molecule has 3 aromatic rings. The average Bonchev–Trinajstić information content (AvgIpc) is 3.28. The quantitative estimate of drug-likeness (QED) is 0.0654. The van der Waals surface area contributed by atoms with Crippen LogP contribution in [0, 0.1) is 3.82 Å². The van der Waals surface area contributed by atoms with Gasteiger partial charge in [-0.25, -0.2) is 4.79 Å². The molecule has 1 amide bonds. The van der Waals surface area contributed by atoms with Crippen molar-refractivity contribution in [3.05, 3.63) is 64.0 Å². The van der Waals surface area contributed by atoms with E-state index in [1.54, 1.807) is 34.6 Å². The average molecular weight is 567 g/mol. The largest absolute Gasteiger partial charge is 0.426 e. The lowest BCUT2D eigenvalue weighted by molar-refractivity contribution is -0.136. The topological polar surface area (TPSA) is 114 Å². The third-order valence-electron chi connectivity index (χ3n) is 4.73. The number of para-hydroxylation sites is 1. The number of ether oxygens (including phenoxy) is 2. The van der Waals surface area contributed by atoms with E-state index >= 15 is 0 Å². The van der Waals surface area contributed by atoms with Gasteiger partial charge in [0.25, 0.3) is 0 Å². The third-order valence-corrected chi connectivity index (χ3v) is 8.43. The van der Waals surface area contributed by atoms with Crippen molar-refractivity contribution >= 4 is 62.7 Å². The Morgan fingerprint density at radius 2 is 1.78 bits per heavy atom. The maximum absolute atomic E-state index is 12.8. The van der Waals surface area contributed by atoms with E-state index in [4.69, 9.17) is 26.9 Å². The van der Waals surface area contributed by atoms with Crippen molar-refractivity contribution in [1.82, 2.24) is 10.2 Å². The van der Waals surface area contributed by atoms with Crippen LogP contribution in [0.15, 0.2) is 54.6 Å². The van der Waals surface area contributed by atoms with Crippen molar-refractivity contribution < 1.29 is 30.5 Å². The second-order valence-corrected chi connectivity index (χ2v) is 12.5. The summed E-state index contributed by atoms with van der Waals surface area (Å²) >= 11 is 6.23. The SMILES string of the molecule is CC(C)(CNC(=O)CCC(=O)Oc1ccccc1C(=O)Oc1ccc(-c2cc(=S)ss2)cc1)SNO.[HH]. The molecule has 36 heavy (non-hydrogen) atoms. The van der Waals surface area contributed by atoms with Crippen molar-refractivity contribution in [3.63, 3.8) is 0 Å². The molecule has 0 radical (unpaired) electrons. The van der Waals surface area contributed by atoms with Gasteiger partial charge >= 0.3 is 11.9 Å². The molecular formula is C24H26N2O6S4. The zero-order chi connectivity index (χ0) is 26.1. The predicted molar refractivity (Wildman–Crippen MR) is 146 cm³/mol. The van der Waals surface area contributed by atoms with Crippen molar-refractivity contribution in [1.29, 1.82) is 0 Å². The number of esters is 2. The maximum Gasteiger partial charge on any atom is 0.347 e. The van der Waals surface area contributed by atoms with Gasteiger partial charge in [-0.3, -0.25) is 9.59 Å². The van der Waals surface area contributed by atoms with Crippen LogP contribution in [-0.4, -0.2) is 34.3 Å². The number of amides is 1. The number of carbonyl (C=O) groups is 3. The second-order valence-electron chi connectivity index (χ2n) is 8.11. The van der Waals surface area contributed by atoms with E-state index in [1.165, 1.54) is 22.5 Å². The van der Waals surface area contributed by atoms with E-state index in [-0.39, 0.29) is 38.0 Å². The van der Waals surface area contributed by atoms with Crippen molar-refractivity contribution in [3.8, 4) is 21.9 Å². The van der Waals surface area contributed by atoms with Crippen molar-refractivity contribution in [2.24, 2.45) is 0 Å². The summed E-state index contributed by atoms with van der Waals surface area (Å²) in [7, 11) is 3.11. The Morgan fingerprint density at radius 3 is 2.44 bits per heavy atom. The molecule has 8 nitrogen and oxygen atoms in total. The second kappa shape index (κ2) is 13.1. The normalized spacial score (nSPS) is 11.1. The highest BCUT2D eigenvalue weighted by Gasteiger charge is 2.21. The molecule has 1 aromatic heterocycles. The van der Waals surface area contributed by atoms with Gasteiger partial charge in [0.1, 0.15) is 20.9 Å². The molecule has 0 aliphatic heterocycles. The number of carbonyl (C=O) groups excluding carboxylic acids is 3. The fourth-order valence-corrected chi connectivity index (χ4v) is 5.69. The number of benzene rings is 2. The van der Waals surface area contributed by atoms with Gasteiger partial charge in [-0.05, 0) is 73.8 Å². The molecule has 0 unspecified atom stereocenters. The van der Waals surface area contributed by atoms with Crippen LogP contribution in [-0.2, 0) is 9.59 Å². The van der Waals surface area contributed by atoms with Gasteiger partial charge in [-0.15, -0.1) is 4.89 Å². The number of hydrogen-bond acceptors (Lipinski definition) is 11. The van der Waals surface area contributed by atoms with Gasteiger partial charge in [0.15, 0.2) is 0 Å². The third kappa shape index (κ3) is 8.50. The van der Waals surface area contributed by atoms with Crippen LogP contribution < -0.4 is 19.7 Å². The lowest BCUT2D eigenvalue weighted by Gasteiger charge is -2.22. The molecule has 3 rings (SSSR count). The first-order valence-electron chi connectivity index (χ1n) is 10.7. The van der Waals surface area contributed by atoms with Gasteiger partial charge in [-0.1, -0.05) is 45.0 Å². The van der Waals surface area contributed by atoms with E-state index in [9.17, 15) is 14.4 Å². The molecule has 192 valence electrons. The Kier molecular flexibility index (Phi) is 10.2. The van der Waals surface area contributed by atoms with E-state index < -0.39 is 16.7 Å². The molecule has 2 aromatic carbocycles. The van der Waals surface area contributed by atoms with Crippen molar-refractivity contribution in [2.45, 2.75) is 31.4 Å². The minimum atomic E-state index is -0.674. The summed E-state index contributed by atoms with van der Waals surface area (Å²) in [5.74, 6) is -1.26. The Balaban J connectivity index is 0.00000481. The minimum Gasteiger partial charge on any atom is -0.426 e. The molecule has 0 bridgehead atoms. The van der Waals surface area contributed by atoms with Crippen LogP contribution in [0.3, 0.4) is 0 Å². The summed E-state index contributed by atoms with van der Waals surface area (Å²) in [6, 6.07) is 15.2. The molecule has 1 heterocycles. The number of nitrogens with one attached hydrogen (secondary N) is 2. The molecule has 0 fully saturated rings. The number of hydrogen-bond donors (Lipinski definition) is 3. The highest BCUT2D eigenvalue weighted by atomic mass is 32.9. The molecule has 0 saturated heterocycles. The highest BCUT2D eigenvalue weighted by Crippen LogP contribution is 2.31. The summed E-state index contributed by atoms with van der Waals surface area (Å²) in [6.45, 7) is 3.96. The van der Waals surface area contributed by atoms with E-state index in [0.717, 1.165) is 26.2 Å². The van der Waals surface area contributed by atoms with Gasteiger partial charge < -0.3 is 20.0 Å². The fourth-order valence-electron chi connectivity index (χ4n) is 2.89. The number of rotatable bonds is 11. The Labute approximate surface area is 226 Å². The van der Waals surface area contributed by atoms with Crippen LogP contribution in [0.2, 0.25) is 0 Å². The smallest absolute Gasteiger partial charge is 0.347 e. The monoisotopic (exact) mass is 566 g/mol. The molecular weight excluding hydrogens is 541 g/mol. The summed E-state index contributed by atoms with van der Waals surface area (Å²) in [5.41, 5.74) is 1.06. The summed E-state index contributed by atoms with van der Waals surface area (Å²) in [5, 5.41) is 11.5. The molecule has 12 heteroatoms. The molecule has 0 atom stereocenters. The molecule has 0 spiro atoms. The maximum atomic E-state index is 12.8. The van der Waals surface area contributed by atoms with Crippen LogP contribution >= 0.6 is 44.8 Å². The van der Waals surface area contributed by atoms with Gasteiger partial charge in [0.2, 0.25) is 5.91 Å². The van der Waals surface area contributed by atoms with Crippen molar-refractivity contribution in [2.75, 3.05) is 6.54 Å². The lowest BCUT2D eigenvalue weighted by atomic mass is 10.2. The Bertz CT molecular complexity index is 1280.